The van der Waals surface area contributed by atoms with E-state index in [-0.39, 0.29) is 18.8 Å². The molecular formula is C6H10O4. The minimum absolute atomic E-state index is 0.0205. The van der Waals surface area contributed by atoms with Gasteiger partial charge in [0.25, 0.3) is 0 Å². The molecule has 2 saturated heterocycles. The molecule has 0 radical (unpaired) electrons. The van der Waals surface area contributed by atoms with Crippen molar-refractivity contribution < 1.29 is 19.7 Å². The summed E-state index contributed by atoms with van der Waals surface area (Å²) in [6, 6.07) is 0. The van der Waals surface area contributed by atoms with Crippen molar-refractivity contribution in [2.24, 2.45) is 0 Å². The Morgan fingerprint density at radius 3 is 2.60 bits per heavy atom. The Balaban J connectivity index is 2.02. The van der Waals surface area contributed by atoms with Crippen LogP contribution in [0.25, 0.3) is 0 Å². The minimum atomic E-state index is -0.635. The molecule has 4 atom stereocenters. The molecule has 2 N–H and O–H groups in total. The minimum Gasteiger partial charge on any atom is -0.394 e. The molecule has 2 aliphatic heterocycles. The third-order valence-electron chi connectivity index (χ3n) is 2.07. The fraction of sp³-hybridized carbons (Fsp3) is 1.00. The normalized spacial score (nSPS) is 52.2. The summed E-state index contributed by atoms with van der Waals surface area (Å²) < 4.78 is 10.2. The molecule has 4 heteroatoms. The zero-order valence-corrected chi connectivity index (χ0v) is 5.43. The summed E-state index contributed by atoms with van der Waals surface area (Å²) in [7, 11) is 0. The Hall–Kier alpha value is -0.160. The number of rotatable bonds is 1. The molecule has 10 heavy (non-hydrogen) atoms. The van der Waals surface area contributed by atoms with Gasteiger partial charge in [-0.1, -0.05) is 0 Å². The second-order valence-electron chi connectivity index (χ2n) is 2.68. The van der Waals surface area contributed by atoms with Crippen molar-refractivity contribution in [3.8, 4) is 0 Å². The largest absolute Gasteiger partial charge is 0.394 e. The van der Waals surface area contributed by atoms with Crippen LogP contribution in [-0.4, -0.2) is 47.8 Å². The SMILES string of the molecule is OC[C@@H]1O[C@H]2CO[C@H]2[C@@H]1O. The lowest BCUT2D eigenvalue weighted by Crippen LogP contribution is -2.47. The second-order valence-corrected chi connectivity index (χ2v) is 2.68. The highest BCUT2D eigenvalue weighted by Crippen LogP contribution is 2.30. The van der Waals surface area contributed by atoms with Crippen LogP contribution >= 0.6 is 0 Å². The van der Waals surface area contributed by atoms with Gasteiger partial charge in [0, 0.05) is 0 Å². The number of aliphatic hydroxyl groups is 2. The van der Waals surface area contributed by atoms with Crippen LogP contribution in [-0.2, 0) is 9.47 Å². The molecule has 4 nitrogen and oxygen atoms in total. The summed E-state index contributed by atoms with van der Waals surface area (Å²) in [5, 5.41) is 17.9. The van der Waals surface area contributed by atoms with Gasteiger partial charge < -0.3 is 19.7 Å². The molecule has 2 fully saturated rings. The molecule has 0 aromatic carbocycles. The maximum absolute atomic E-state index is 9.27. The molecule has 58 valence electrons. The summed E-state index contributed by atoms with van der Waals surface area (Å²) in [6.07, 6.45) is -1.23. The lowest BCUT2D eigenvalue weighted by atomic mass is 10.0. The van der Waals surface area contributed by atoms with Crippen molar-refractivity contribution in [1.82, 2.24) is 0 Å². The molecule has 0 amide bonds. The van der Waals surface area contributed by atoms with E-state index in [0.29, 0.717) is 6.61 Å². The molecule has 0 spiro atoms. The molecule has 0 aromatic heterocycles. The van der Waals surface area contributed by atoms with Gasteiger partial charge in [-0.05, 0) is 0 Å². The van der Waals surface area contributed by atoms with E-state index in [4.69, 9.17) is 14.6 Å². The zero-order chi connectivity index (χ0) is 7.14. The molecule has 2 rings (SSSR count). The third-order valence-corrected chi connectivity index (χ3v) is 2.07. The van der Waals surface area contributed by atoms with E-state index in [0.717, 1.165) is 0 Å². The van der Waals surface area contributed by atoms with Crippen LogP contribution in [0, 0.1) is 0 Å². The van der Waals surface area contributed by atoms with Crippen molar-refractivity contribution in [3.63, 3.8) is 0 Å². The van der Waals surface area contributed by atoms with E-state index < -0.39 is 12.2 Å². The van der Waals surface area contributed by atoms with E-state index in [1.165, 1.54) is 0 Å². The number of hydrogen-bond acceptors (Lipinski definition) is 4. The average molecular weight is 146 g/mol. The van der Waals surface area contributed by atoms with Gasteiger partial charge in [-0.2, -0.15) is 0 Å². The van der Waals surface area contributed by atoms with Gasteiger partial charge in [0.15, 0.2) is 0 Å². The van der Waals surface area contributed by atoms with Crippen LogP contribution in [0.2, 0.25) is 0 Å². The molecule has 2 aliphatic rings. The van der Waals surface area contributed by atoms with Crippen molar-refractivity contribution in [2.75, 3.05) is 13.2 Å². The topological polar surface area (TPSA) is 58.9 Å². The van der Waals surface area contributed by atoms with Crippen molar-refractivity contribution in [2.45, 2.75) is 24.4 Å². The quantitative estimate of drug-likeness (QED) is 0.473. The van der Waals surface area contributed by atoms with E-state index in [1.54, 1.807) is 0 Å². The van der Waals surface area contributed by atoms with Crippen LogP contribution in [0.15, 0.2) is 0 Å². The van der Waals surface area contributed by atoms with Crippen molar-refractivity contribution in [1.29, 1.82) is 0 Å². The summed E-state index contributed by atoms with van der Waals surface area (Å²) in [5.41, 5.74) is 0. The van der Waals surface area contributed by atoms with Crippen LogP contribution in [0.4, 0.5) is 0 Å². The highest BCUT2D eigenvalue weighted by atomic mass is 16.6. The fourth-order valence-corrected chi connectivity index (χ4v) is 1.39. The summed E-state index contributed by atoms with van der Waals surface area (Å²) in [5.74, 6) is 0. The van der Waals surface area contributed by atoms with Crippen molar-refractivity contribution >= 4 is 0 Å². The van der Waals surface area contributed by atoms with Gasteiger partial charge in [-0.25, -0.2) is 0 Å². The average Bonchev–Trinajstić information content (AvgIpc) is 2.05. The molecule has 0 bridgehead atoms. The second kappa shape index (κ2) is 2.17. The smallest absolute Gasteiger partial charge is 0.114 e. The predicted molar refractivity (Wildman–Crippen MR) is 31.5 cm³/mol. The first-order valence-electron chi connectivity index (χ1n) is 3.39. The Kier molecular flexibility index (Phi) is 1.42. The van der Waals surface area contributed by atoms with Gasteiger partial charge in [-0.3, -0.25) is 0 Å². The Labute approximate surface area is 58.4 Å². The van der Waals surface area contributed by atoms with Crippen LogP contribution in [0.3, 0.4) is 0 Å². The van der Waals surface area contributed by atoms with Gasteiger partial charge in [-0.15, -0.1) is 0 Å². The molecule has 2 heterocycles. The summed E-state index contributed by atoms with van der Waals surface area (Å²) in [6.45, 7) is 0.426. The third kappa shape index (κ3) is 0.703. The maximum atomic E-state index is 9.27. The van der Waals surface area contributed by atoms with E-state index in [9.17, 15) is 5.11 Å². The van der Waals surface area contributed by atoms with E-state index >= 15 is 0 Å². The Bertz CT molecular complexity index is 138. The Morgan fingerprint density at radius 2 is 2.30 bits per heavy atom. The van der Waals surface area contributed by atoms with Crippen LogP contribution in [0.1, 0.15) is 0 Å². The van der Waals surface area contributed by atoms with Gasteiger partial charge in [0.1, 0.15) is 24.4 Å². The fourth-order valence-electron chi connectivity index (χ4n) is 1.39. The highest BCUT2D eigenvalue weighted by molar-refractivity contribution is 4.96. The van der Waals surface area contributed by atoms with E-state index in [1.807, 2.05) is 0 Å². The lowest BCUT2D eigenvalue weighted by Gasteiger charge is -2.30. The molecular weight excluding hydrogens is 136 g/mol. The predicted octanol–water partition coefficient (Wildman–Crippen LogP) is -1.49. The maximum Gasteiger partial charge on any atom is 0.114 e. The number of ether oxygens (including phenoxy) is 2. The summed E-state index contributed by atoms with van der Waals surface area (Å²) >= 11 is 0. The first kappa shape index (κ1) is 6.54. The molecule has 0 aromatic rings. The molecule has 0 aliphatic carbocycles. The first-order chi connectivity index (χ1) is 4.83. The van der Waals surface area contributed by atoms with Gasteiger partial charge >= 0.3 is 0 Å². The first-order valence-corrected chi connectivity index (χ1v) is 3.39. The number of fused-ring (bicyclic) bond motifs is 1. The van der Waals surface area contributed by atoms with E-state index in [2.05, 4.69) is 0 Å². The zero-order valence-electron chi connectivity index (χ0n) is 5.43. The monoisotopic (exact) mass is 146 g/mol. The standard InChI is InChI=1S/C6H10O4/c7-1-3-5(8)6-4(10-3)2-9-6/h3-8H,1-2H2/t3-,4-,5+,6+/m0/s1. The van der Waals surface area contributed by atoms with Crippen LogP contribution < -0.4 is 0 Å². The van der Waals surface area contributed by atoms with Crippen LogP contribution in [0.5, 0.6) is 0 Å². The van der Waals surface area contributed by atoms with Gasteiger partial charge in [0.2, 0.25) is 0 Å². The van der Waals surface area contributed by atoms with Crippen molar-refractivity contribution in [3.05, 3.63) is 0 Å². The number of aliphatic hydroxyl groups excluding tert-OH is 2. The molecule has 0 saturated carbocycles. The highest BCUT2D eigenvalue weighted by Gasteiger charge is 2.49. The Morgan fingerprint density at radius 1 is 1.50 bits per heavy atom. The summed E-state index contributed by atoms with van der Waals surface area (Å²) in [4.78, 5) is 0. The number of hydrogen-bond donors (Lipinski definition) is 2. The molecule has 0 unspecified atom stereocenters. The van der Waals surface area contributed by atoms with Gasteiger partial charge in [0.05, 0.1) is 13.2 Å². The lowest BCUT2D eigenvalue weighted by molar-refractivity contribution is -0.154.